The Morgan fingerprint density at radius 2 is 1.94 bits per heavy atom. The van der Waals surface area contributed by atoms with Gasteiger partial charge < -0.3 is 4.90 Å². The Kier molecular flexibility index (Phi) is 4.28. The van der Waals surface area contributed by atoms with Gasteiger partial charge in [0.1, 0.15) is 23.2 Å². The van der Waals surface area contributed by atoms with Crippen LogP contribution in [0.1, 0.15) is 31.0 Å². The standard InChI is InChI=1S/C22H19FN10/c1-3-17-21-30-29-13(2)32(21)18-12-25-22(28-20(18)33(17)16-10-26-27-11-16)31-9-8-24-19(31)14-4-6-15(23)7-5-14/h4-12,17H,3H2,1-2H3,(H,26,27). The van der Waals surface area contributed by atoms with Crippen LogP contribution < -0.4 is 4.90 Å². The molecule has 1 atom stereocenters. The number of aryl methyl sites for hydroxylation is 1. The maximum atomic E-state index is 13.4. The second kappa shape index (κ2) is 7.33. The van der Waals surface area contributed by atoms with Gasteiger partial charge in [-0.2, -0.15) is 10.1 Å². The fourth-order valence-corrected chi connectivity index (χ4v) is 4.28. The maximum Gasteiger partial charge on any atom is 0.237 e. The predicted octanol–water partition coefficient (Wildman–Crippen LogP) is 3.68. The Balaban J connectivity index is 1.55. The average molecular weight is 442 g/mol. The van der Waals surface area contributed by atoms with Crippen LogP contribution in [0.25, 0.3) is 23.0 Å². The molecule has 0 amide bonds. The molecule has 10 nitrogen and oxygen atoms in total. The minimum absolute atomic E-state index is 0.0848. The third kappa shape index (κ3) is 2.93. The number of hydrogen-bond acceptors (Lipinski definition) is 7. The van der Waals surface area contributed by atoms with Crippen molar-refractivity contribution in [2.24, 2.45) is 0 Å². The summed E-state index contributed by atoms with van der Waals surface area (Å²) >= 11 is 0. The van der Waals surface area contributed by atoms with Gasteiger partial charge in [0.25, 0.3) is 0 Å². The number of H-pyrrole nitrogens is 1. The molecule has 1 aliphatic rings. The molecule has 164 valence electrons. The van der Waals surface area contributed by atoms with Crippen LogP contribution in [0.5, 0.6) is 0 Å². The molecule has 1 unspecified atom stereocenters. The number of halogens is 1. The van der Waals surface area contributed by atoms with Crippen molar-refractivity contribution in [3.05, 3.63) is 72.7 Å². The number of imidazole rings is 1. The van der Waals surface area contributed by atoms with Gasteiger partial charge in [0.05, 0.1) is 24.1 Å². The highest BCUT2D eigenvalue weighted by Gasteiger charge is 2.36. The minimum atomic E-state index is -0.302. The summed E-state index contributed by atoms with van der Waals surface area (Å²) in [5, 5.41) is 15.8. The number of fused-ring (bicyclic) bond motifs is 3. The van der Waals surface area contributed by atoms with Crippen molar-refractivity contribution in [1.29, 1.82) is 0 Å². The number of aromatic nitrogens is 9. The van der Waals surface area contributed by atoms with Gasteiger partial charge in [-0.1, -0.05) is 6.92 Å². The van der Waals surface area contributed by atoms with Crippen LogP contribution >= 0.6 is 0 Å². The van der Waals surface area contributed by atoms with Gasteiger partial charge in [0.15, 0.2) is 11.6 Å². The highest BCUT2D eigenvalue weighted by molar-refractivity contribution is 5.71. The van der Waals surface area contributed by atoms with E-state index in [0.29, 0.717) is 17.6 Å². The minimum Gasteiger partial charge on any atom is -0.311 e. The molecule has 1 aliphatic heterocycles. The van der Waals surface area contributed by atoms with Crippen LogP contribution in [0.4, 0.5) is 15.9 Å². The summed E-state index contributed by atoms with van der Waals surface area (Å²) in [5.41, 5.74) is 2.41. The lowest BCUT2D eigenvalue weighted by molar-refractivity contribution is 0.586. The van der Waals surface area contributed by atoms with Gasteiger partial charge >= 0.3 is 0 Å². The van der Waals surface area contributed by atoms with Crippen molar-refractivity contribution in [3.8, 4) is 23.0 Å². The van der Waals surface area contributed by atoms with Gasteiger partial charge in [-0.05, 0) is 37.6 Å². The van der Waals surface area contributed by atoms with Crippen molar-refractivity contribution < 1.29 is 4.39 Å². The zero-order valence-electron chi connectivity index (χ0n) is 17.9. The number of nitrogens with zero attached hydrogens (tertiary/aromatic N) is 9. The largest absolute Gasteiger partial charge is 0.311 e. The summed E-state index contributed by atoms with van der Waals surface area (Å²) in [7, 11) is 0. The molecule has 4 aromatic heterocycles. The Labute approximate surface area is 187 Å². The summed E-state index contributed by atoms with van der Waals surface area (Å²) in [6.45, 7) is 4.01. The molecule has 5 heterocycles. The summed E-state index contributed by atoms with van der Waals surface area (Å²) < 4.78 is 17.2. The SMILES string of the molecule is CCC1c2nnc(C)n2-c2cnc(-n3ccnc3-c3ccc(F)cc3)nc2N1c1cn[nH]c1. The zero-order chi connectivity index (χ0) is 22.5. The topological polar surface area (TPSA) is 106 Å². The number of benzene rings is 1. The molecule has 1 N–H and O–H groups in total. The molecular formula is C22H19FN10. The molecule has 1 aromatic carbocycles. The number of rotatable bonds is 4. The summed E-state index contributed by atoms with van der Waals surface area (Å²) in [6.07, 6.45) is 9.60. The molecule has 0 spiro atoms. The van der Waals surface area contributed by atoms with Crippen molar-refractivity contribution in [2.45, 2.75) is 26.3 Å². The first-order valence-corrected chi connectivity index (χ1v) is 10.5. The Morgan fingerprint density at radius 1 is 1.09 bits per heavy atom. The van der Waals surface area contributed by atoms with Crippen molar-refractivity contribution in [1.82, 2.24) is 44.5 Å². The van der Waals surface area contributed by atoms with Crippen molar-refractivity contribution in [3.63, 3.8) is 0 Å². The Bertz CT molecular complexity index is 1430. The monoisotopic (exact) mass is 442 g/mol. The van der Waals surface area contributed by atoms with Crippen LogP contribution in [0.15, 0.2) is 55.2 Å². The molecule has 11 heteroatoms. The molecule has 6 rings (SSSR count). The summed E-state index contributed by atoms with van der Waals surface area (Å²) in [4.78, 5) is 16.1. The zero-order valence-corrected chi connectivity index (χ0v) is 17.9. The number of anilines is 2. The first-order chi connectivity index (χ1) is 16.2. The molecule has 0 saturated carbocycles. The molecule has 33 heavy (non-hydrogen) atoms. The van der Waals surface area contributed by atoms with E-state index < -0.39 is 0 Å². The highest BCUT2D eigenvalue weighted by Crippen LogP contribution is 2.43. The third-order valence-corrected chi connectivity index (χ3v) is 5.77. The lowest BCUT2D eigenvalue weighted by Crippen LogP contribution is -2.32. The fraction of sp³-hybridized carbons (Fsp3) is 0.182. The molecule has 0 saturated heterocycles. The lowest BCUT2D eigenvalue weighted by Gasteiger charge is -2.36. The molecule has 0 radical (unpaired) electrons. The highest BCUT2D eigenvalue weighted by atomic mass is 19.1. The third-order valence-electron chi connectivity index (χ3n) is 5.77. The van der Waals surface area contributed by atoms with E-state index in [1.807, 2.05) is 17.7 Å². The molecule has 5 aromatic rings. The second-order valence-corrected chi connectivity index (χ2v) is 7.70. The van der Waals surface area contributed by atoms with E-state index in [1.165, 1.54) is 12.1 Å². The number of nitrogens with one attached hydrogen (secondary N) is 1. The van der Waals surface area contributed by atoms with Crippen LogP contribution in [0.3, 0.4) is 0 Å². The summed E-state index contributed by atoms with van der Waals surface area (Å²) in [5.74, 6) is 3.07. The quantitative estimate of drug-likeness (QED) is 0.452. The summed E-state index contributed by atoms with van der Waals surface area (Å²) in [6, 6.07) is 6.10. The van der Waals surface area contributed by atoms with E-state index in [1.54, 1.807) is 41.5 Å². The van der Waals surface area contributed by atoms with Crippen molar-refractivity contribution >= 4 is 11.5 Å². The van der Waals surface area contributed by atoms with Gasteiger partial charge in [0, 0.05) is 24.2 Å². The van der Waals surface area contributed by atoms with E-state index in [4.69, 9.17) is 4.98 Å². The predicted molar refractivity (Wildman–Crippen MR) is 118 cm³/mol. The van der Waals surface area contributed by atoms with Gasteiger partial charge in [-0.25, -0.2) is 14.4 Å². The van der Waals surface area contributed by atoms with Gasteiger partial charge in [-0.3, -0.25) is 14.2 Å². The van der Waals surface area contributed by atoms with Crippen molar-refractivity contribution in [2.75, 3.05) is 4.90 Å². The second-order valence-electron chi connectivity index (χ2n) is 7.70. The van der Waals surface area contributed by atoms with Crippen LogP contribution in [0, 0.1) is 12.7 Å². The molecule has 0 aliphatic carbocycles. The smallest absolute Gasteiger partial charge is 0.237 e. The van der Waals surface area contributed by atoms with E-state index in [9.17, 15) is 4.39 Å². The van der Waals surface area contributed by atoms with Gasteiger partial charge in [0.2, 0.25) is 5.95 Å². The number of aromatic amines is 1. The first kappa shape index (κ1) is 19.3. The fourth-order valence-electron chi connectivity index (χ4n) is 4.28. The first-order valence-electron chi connectivity index (χ1n) is 10.5. The molecule has 0 fully saturated rings. The normalized spacial score (nSPS) is 14.9. The van der Waals surface area contributed by atoms with E-state index in [0.717, 1.165) is 35.0 Å². The Morgan fingerprint density at radius 3 is 2.70 bits per heavy atom. The molecule has 0 bridgehead atoms. The number of hydrogen-bond donors (Lipinski definition) is 1. The average Bonchev–Trinajstić information content (AvgIpc) is 3.60. The lowest BCUT2D eigenvalue weighted by atomic mass is 10.1. The van der Waals surface area contributed by atoms with Crippen LogP contribution in [-0.4, -0.2) is 44.5 Å². The van der Waals surface area contributed by atoms with Crippen LogP contribution in [0.2, 0.25) is 0 Å². The van der Waals surface area contributed by atoms with E-state index in [-0.39, 0.29) is 11.9 Å². The van der Waals surface area contributed by atoms with Gasteiger partial charge in [-0.15, -0.1) is 10.2 Å². The maximum absolute atomic E-state index is 13.4. The molecular weight excluding hydrogens is 423 g/mol. The van der Waals surface area contributed by atoms with E-state index >= 15 is 0 Å². The van der Waals surface area contributed by atoms with Crippen LogP contribution in [-0.2, 0) is 0 Å². The van der Waals surface area contributed by atoms with E-state index in [2.05, 4.69) is 42.2 Å². The Hall–Kier alpha value is -4.41.